The van der Waals surface area contributed by atoms with Crippen molar-refractivity contribution in [2.24, 2.45) is 0 Å². The van der Waals surface area contributed by atoms with Gasteiger partial charge >= 0.3 is 0 Å². The Kier molecular flexibility index (Phi) is 3.18. The fraction of sp³-hybridized carbons (Fsp3) is 0.182. The molecule has 0 radical (unpaired) electrons. The van der Waals surface area contributed by atoms with Crippen molar-refractivity contribution in [3.05, 3.63) is 44.3 Å². The second kappa shape index (κ2) is 4.59. The monoisotopic (exact) mass is 237 g/mol. The van der Waals surface area contributed by atoms with E-state index in [2.05, 4.69) is 5.32 Å². The molecule has 2 heterocycles. The van der Waals surface area contributed by atoms with E-state index in [1.807, 2.05) is 36.6 Å². The molecule has 0 aliphatic rings. The summed E-state index contributed by atoms with van der Waals surface area (Å²) < 4.78 is 0. The molecule has 0 aromatic carbocycles. The number of carbonyl (C=O) groups excluding carboxylic acids is 1. The minimum absolute atomic E-state index is 0.0153. The number of rotatable bonds is 3. The van der Waals surface area contributed by atoms with Gasteiger partial charge in [-0.1, -0.05) is 6.07 Å². The zero-order valence-electron chi connectivity index (χ0n) is 8.32. The number of nitrogens with one attached hydrogen (secondary N) is 1. The smallest absolute Gasteiger partial charge is 0.261 e. The highest BCUT2D eigenvalue weighted by molar-refractivity contribution is 7.14. The zero-order valence-corrected chi connectivity index (χ0v) is 9.95. The lowest BCUT2D eigenvalue weighted by Crippen LogP contribution is -2.21. The molecule has 0 saturated carbocycles. The first-order valence-electron chi connectivity index (χ1n) is 4.63. The van der Waals surface area contributed by atoms with Gasteiger partial charge in [0.1, 0.15) is 0 Å². The van der Waals surface area contributed by atoms with Gasteiger partial charge in [0.2, 0.25) is 0 Å². The maximum Gasteiger partial charge on any atom is 0.261 e. The van der Waals surface area contributed by atoms with Crippen LogP contribution in [0.1, 0.15) is 19.4 Å². The number of hydrogen-bond donors (Lipinski definition) is 1. The van der Waals surface area contributed by atoms with Gasteiger partial charge in [-0.05, 0) is 30.5 Å². The van der Waals surface area contributed by atoms with Crippen molar-refractivity contribution in [2.75, 3.05) is 0 Å². The summed E-state index contributed by atoms with van der Waals surface area (Å²) >= 11 is 3.18. The third-order valence-electron chi connectivity index (χ3n) is 1.97. The van der Waals surface area contributed by atoms with Crippen LogP contribution in [0, 0.1) is 6.92 Å². The Bertz CT molecular complexity index is 445. The second-order valence-electron chi connectivity index (χ2n) is 3.17. The van der Waals surface area contributed by atoms with Crippen molar-refractivity contribution < 1.29 is 4.79 Å². The van der Waals surface area contributed by atoms with E-state index in [1.54, 1.807) is 11.3 Å². The van der Waals surface area contributed by atoms with E-state index in [-0.39, 0.29) is 5.91 Å². The van der Waals surface area contributed by atoms with Crippen LogP contribution >= 0.6 is 22.7 Å². The van der Waals surface area contributed by atoms with Crippen LogP contribution in [0.25, 0.3) is 0 Å². The summed E-state index contributed by atoms with van der Waals surface area (Å²) in [6.45, 7) is 2.62. The van der Waals surface area contributed by atoms with Crippen LogP contribution in [0.2, 0.25) is 0 Å². The number of carbonyl (C=O) groups is 1. The van der Waals surface area contributed by atoms with Gasteiger partial charge in [-0.15, -0.1) is 22.7 Å². The van der Waals surface area contributed by atoms with E-state index in [1.165, 1.54) is 16.2 Å². The standard InChI is InChI=1S/C11H11NOS2/c1-8-4-5-10(15-8)11(13)12-7-9-3-2-6-14-9/h2-6H,7H2,1H3,(H,12,13). The molecule has 15 heavy (non-hydrogen) atoms. The van der Waals surface area contributed by atoms with Crippen LogP contribution in [0.4, 0.5) is 0 Å². The summed E-state index contributed by atoms with van der Waals surface area (Å²) in [5.74, 6) is 0.0153. The molecule has 0 aliphatic heterocycles. The van der Waals surface area contributed by atoms with Crippen molar-refractivity contribution >= 4 is 28.6 Å². The maximum absolute atomic E-state index is 11.7. The van der Waals surface area contributed by atoms with Gasteiger partial charge in [0.05, 0.1) is 11.4 Å². The Morgan fingerprint density at radius 3 is 2.87 bits per heavy atom. The maximum atomic E-state index is 11.7. The number of aryl methyl sites for hydroxylation is 1. The Morgan fingerprint density at radius 2 is 2.27 bits per heavy atom. The van der Waals surface area contributed by atoms with Crippen molar-refractivity contribution in [3.63, 3.8) is 0 Å². The number of amides is 1. The van der Waals surface area contributed by atoms with Crippen LogP contribution in [0.15, 0.2) is 29.6 Å². The van der Waals surface area contributed by atoms with E-state index >= 15 is 0 Å². The topological polar surface area (TPSA) is 29.1 Å². The highest BCUT2D eigenvalue weighted by Gasteiger charge is 2.07. The van der Waals surface area contributed by atoms with Crippen LogP contribution in [-0.4, -0.2) is 5.91 Å². The summed E-state index contributed by atoms with van der Waals surface area (Å²) in [7, 11) is 0. The Balaban J connectivity index is 1.93. The van der Waals surface area contributed by atoms with E-state index < -0.39 is 0 Å². The molecule has 0 bridgehead atoms. The summed E-state index contributed by atoms with van der Waals surface area (Å²) in [5, 5.41) is 4.91. The molecule has 0 atom stereocenters. The highest BCUT2D eigenvalue weighted by Crippen LogP contribution is 2.15. The SMILES string of the molecule is Cc1ccc(C(=O)NCc2cccs2)s1. The Morgan fingerprint density at radius 1 is 1.40 bits per heavy atom. The third kappa shape index (κ3) is 2.67. The van der Waals surface area contributed by atoms with E-state index in [9.17, 15) is 4.79 Å². The summed E-state index contributed by atoms with van der Waals surface area (Å²) in [6.07, 6.45) is 0. The van der Waals surface area contributed by atoms with Crippen LogP contribution < -0.4 is 5.32 Å². The molecule has 0 spiro atoms. The largest absolute Gasteiger partial charge is 0.346 e. The lowest BCUT2D eigenvalue weighted by Gasteiger charge is -2.00. The lowest BCUT2D eigenvalue weighted by molar-refractivity contribution is 0.0955. The predicted molar refractivity (Wildman–Crippen MR) is 64.5 cm³/mol. The second-order valence-corrected chi connectivity index (χ2v) is 5.49. The molecule has 0 fully saturated rings. The fourth-order valence-electron chi connectivity index (χ4n) is 1.22. The molecule has 2 nitrogen and oxygen atoms in total. The van der Waals surface area contributed by atoms with Gasteiger partial charge in [-0.25, -0.2) is 0 Å². The summed E-state index contributed by atoms with van der Waals surface area (Å²) in [5.41, 5.74) is 0. The minimum atomic E-state index is 0.0153. The molecular weight excluding hydrogens is 226 g/mol. The van der Waals surface area contributed by atoms with Crippen molar-refractivity contribution in [1.29, 1.82) is 0 Å². The van der Waals surface area contributed by atoms with Crippen LogP contribution in [0.5, 0.6) is 0 Å². The molecule has 78 valence electrons. The Labute approximate surface area is 96.6 Å². The third-order valence-corrected chi connectivity index (χ3v) is 3.84. The van der Waals surface area contributed by atoms with Gasteiger partial charge < -0.3 is 5.32 Å². The van der Waals surface area contributed by atoms with Crippen molar-refractivity contribution in [1.82, 2.24) is 5.32 Å². The number of thiophene rings is 2. The van der Waals surface area contributed by atoms with Gasteiger partial charge in [-0.2, -0.15) is 0 Å². The van der Waals surface area contributed by atoms with Gasteiger partial charge in [0, 0.05) is 9.75 Å². The van der Waals surface area contributed by atoms with Crippen LogP contribution in [-0.2, 0) is 6.54 Å². The molecule has 1 amide bonds. The minimum Gasteiger partial charge on any atom is -0.346 e. The molecule has 1 N–H and O–H groups in total. The van der Waals surface area contributed by atoms with Gasteiger partial charge in [-0.3, -0.25) is 4.79 Å². The lowest BCUT2D eigenvalue weighted by atomic mass is 10.4. The van der Waals surface area contributed by atoms with E-state index in [4.69, 9.17) is 0 Å². The summed E-state index contributed by atoms with van der Waals surface area (Å²) in [6, 6.07) is 7.83. The van der Waals surface area contributed by atoms with E-state index in [0.717, 1.165) is 9.75 Å². The Hall–Kier alpha value is -1.13. The van der Waals surface area contributed by atoms with E-state index in [0.29, 0.717) is 6.54 Å². The average Bonchev–Trinajstić information content (AvgIpc) is 2.84. The van der Waals surface area contributed by atoms with Crippen molar-refractivity contribution in [2.45, 2.75) is 13.5 Å². The normalized spacial score (nSPS) is 10.2. The molecule has 4 heteroatoms. The molecule has 2 rings (SSSR count). The molecule has 2 aromatic rings. The first kappa shape index (κ1) is 10.4. The molecular formula is C11H11NOS2. The quantitative estimate of drug-likeness (QED) is 0.873. The molecule has 2 aromatic heterocycles. The fourth-order valence-corrected chi connectivity index (χ4v) is 2.65. The molecule has 0 aliphatic carbocycles. The van der Waals surface area contributed by atoms with Gasteiger partial charge in [0.25, 0.3) is 5.91 Å². The van der Waals surface area contributed by atoms with Gasteiger partial charge in [0.15, 0.2) is 0 Å². The predicted octanol–water partition coefficient (Wildman–Crippen LogP) is 3.05. The van der Waals surface area contributed by atoms with Crippen molar-refractivity contribution in [3.8, 4) is 0 Å². The summed E-state index contributed by atoms with van der Waals surface area (Å²) in [4.78, 5) is 14.8. The number of hydrogen-bond acceptors (Lipinski definition) is 3. The first-order valence-corrected chi connectivity index (χ1v) is 6.32. The zero-order chi connectivity index (χ0) is 10.7. The van der Waals surface area contributed by atoms with Crippen LogP contribution in [0.3, 0.4) is 0 Å². The average molecular weight is 237 g/mol. The highest BCUT2D eigenvalue weighted by atomic mass is 32.1. The molecule has 0 unspecified atom stereocenters. The molecule has 0 saturated heterocycles. The first-order chi connectivity index (χ1) is 7.25.